The molecule has 0 bridgehead atoms. The first kappa shape index (κ1) is 32.6. The fourth-order valence-corrected chi connectivity index (χ4v) is 4.19. The molecular formula is C27H35Cl3FN3O3. The highest BCUT2D eigenvalue weighted by molar-refractivity contribution is 5.86. The molecule has 1 aliphatic heterocycles. The topological polar surface area (TPSA) is 71.2 Å². The van der Waals surface area contributed by atoms with Gasteiger partial charge in [-0.25, -0.2) is 4.39 Å². The lowest BCUT2D eigenvalue weighted by Gasteiger charge is -2.37. The summed E-state index contributed by atoms with van der Waals surface area (Å²) >= 11 is 0. The van der Waals surface area contributed by atoms with Crippen molar-refractivity contribution in [3.05, 3.63) is 83.7 Å². The molecule has 0 aliphatic carbocycles. The molecule has 1 aliphatic rings. The van der Waals surface area contributed by atoms with Crippen LogP contribution < -0.4 is 20.1 Å². The minimum absolute atomic E-state index is 0. The zero-order valence-electron chi connectivity index (χ0n) is 20.7. The van der Waals surface area contributed by atoms with Crippen LogP contribution in [0.4, 0.5) is 15.8 Å². The van der Waals surface area contributed by atoms with E-state index in [0.717, 1.165) is 38.2 Å². The lowest BCUT2D eigenvalue weighted by Crippen LogP contribution is -2.49. The van der Waals surface area contributed by atoms with Crippen molar-refractivity contribution in [2.75, 3.05) is 57.1 Å². The molecule has 0 aromatic heterocycles. The van der Waals surface area contributed by atoms with E-state index in [-0.39, 0.29) is 49.6 Å². The maximum Gasteiger partial charge on any atom is 0.163 e. The molecule has 0 unspecified atom stereocenters. The first-order valence-corrected chi connectivity index (χ1v) is 11.6. The number of benzene rings is 3. The summed E-state index contributed by atoms with van der Waals surface area (Å²) in [5, 5.41) is 10.5. The van der Waals surface area contributed by atoms with Gasteiger partial charge in [0, 0.05) is 50.2 Å². The van der Waals surface area contributed by atoms with E-state index in [2.05, 4.69) is 34.1 Å². The molecule has 1 atom stereocenters. The van der Waals surface area contributed by atoms with E-state index in [1.807, 2.05) is 12.1 Å². The Bertz CT molecular complexity index is 1070. The summed E-state index contributed by atoms with van der Waals surface area (Å²) in [5.41, 5.74) is 9.91. The third-order valence-corrected chi connectivity index (χ3v) is 6.08. The molecule has 0 saturated carbocycles. The molecule has 1 saturated heterocycles. The number of nitrogens with two attached hydrogens (primary N) is 1. The van der Waals surface area contributed by atoms with Gasteiger partial charge in [0.05, 0.1) is 7.11 Å². The molecule has 6 nitrogen and oxygen atoms in total. The summed E-state index contributed by atoms with van der Waals surface area (Å²) in [6.07, 6.45) is 0.180. The van der Waals surface area contributed by atoms with Gasteiger partial charge in [0.1, 0.15) is 18.5 Å². The molecule has 0 spiro atoms. The molecule has 3 N–H and O–H groups in total. The zero-order chi connectivity index (χ0) is 23.9. The molecule has 204 valence electrons. The van der Waals surface area contributed by atoms with Crippen molar-refractivity contribution in [2.45, 2.75) is 12.5 Å². The van der Waals surface area contributed by atoms with Crippen LogP contribution in [0.15, 0.2) is 66.7 Å². The van der Waals surface area contributed by atoms with Gasteiger partial charge < -0.3 is 25.2 Å². The number of anilines is 2. The van der Waals surface area contributed by atoms with Crippen molar-refractivity contribution in [3.8, 4) is 11.5 Å². The van der Waals surface area contributed by atoms with Crippen molar-refractivity contribution in [3.63, 3.8) is 0 Å². The molecule has 4 rings (SSSR count). The third-order valence-electron chi connectivity index (χ3n) is 6.08. The maximum absolute atomic E-state index is 13.1. The number of hydrogen-bond acceptors (Lipinski definition) is 6. The van der Waals surface area contributed by atoms with E-state index in [9.17, 15) is 9.50 Å². The molecular weight excluding hydrogens is 540 g/mol. The average Bonchev–Trinajstić information content (AvgIpc) is 2.85. The number of methoxy groups -OCH3 is 1. The van der Waals surface area contributed by atoms with Crippen LogP contribution in [-0.2, 0) is 6.42 Å². The van der Waals surface area contributed by atoms with Gasteiger partial charge in [-0.2, -0.15) is 0 Å². The number of ether oxygens (including phenoxy) is 2. The quantitative estimate of drug-likeness (QED) is 0.357. The Labute approximate surface area is 236 Å². The van der Waals surface area contributed by atoms with Crippen LogP contribution in [0.1, 0.15) is 11.1 Å². The molecule has 10 heteroatoms. The highest BCUT2D eigenvalue weighted by Crippen LogP contribution is 2.29. The Hall–Kier alpha value is -2.42. The number of aliphatic hydroxyl groups excluding tert-OH is 1. The number of halogens is 4. The molecule has 37 heavy (non-hydrogen) atoms. The summed E-state index contributed by atoms with van der Waals surface area (Å²) in [6, 6.07) is 20.4. The number of β-amino-alcohol motifs (C(OH)–C–C–N with tert-alkyl or cyclic N) is 1. The number of nitrogens with zero attached hydrogens (tertiary/aromatic N) is 2. The summed E-state index contributed by atoms with van der Waals surface area (Å²) < 4.78 is 24.1. The minimum atomic E-state index is -0.608. The lowest BCUT2D eigenvalue weighted by molar-refractivity contribution is 0.0653. The summed E-state index contributed by atoms with van der Waals surface area (Å²) in [4.78, 5) is 4.61. The molecule has 3 aromatic carbocycles. The van der Waals surface area contributed by atoms with Gasteiger partial charge in [-0.15, -0.1) is 37.2 Å². The van der Waals surface area contributed by atoms with Crippen LogP contribution in [0.3, 0.4) is 0 Å². The van der Waals surface area contributed by atoms with Crippen molar-refractivity contribution >= 4 is 48.6 Å². The smallest absolute Gasteiger partial charge is 0.163 e. The molecule has 0 radical (unpaired) electrons. The van der Waals surface area contributed by atoms with Gasteiger partial charge in [0.15, 0.2) is 11.5 Å². The van der Waals surface area contributed by atoms with Crippen LogP contribution in [0.5, 0.6) is 11.5 Å². The number of piperazine rings is 1. The van der Waals surface area contributed by atoms with E-state index in [1.54, 1.807) is 25.3 Å². The van der Waals surface area contributed by atoms with Gasteiger partial charge in [0.25, 0.3) is 0 Å². The van der Waals surface area contributed by atoms with Crippen LogP contribution in [0.2, 0.25) is 0 Å². The summed E-state index contributed by atoms with van der Waals surface area (Å²) in [6.45, 7) is 4.26. The first-order chi connectivity index (χ1) is 16.5. The van der Waals surface area contributed by atoms with Gasteiger partial charge in [0.2, 0.25) is 0 Å². The van der Waals surface area contributed by atoms with Gasteiger partial charge in [-0.05, 0) is 53.9 Å². The Morgan fingerprint density at radius 2 is 1.46 bits per heavy atom. The van der Waals surface area contributed by atoms with E-state index in [4.69, 9.17) is 15.2 Å². The van der Waals surface area contributed by atoms with E-state index in [1.165, 1.54) is 23.4 Å². The van der Waals surface area contributed by atoms with Crippen LogP contribution in [-0.4, -0.2) is 62.6 Å². The van der Waals surface area contributed by atoms with E-state index < -0.39 is 6.10 Å². The molecule has 0 amide bonds. The Morgan fingerprint density at radius 3 is 2.05 bits per heavy atom. The van der Waals surface area contributed by atoms with Crippen molar-refractivity contribution in [2.24, 2.45) is 0 Å². The predicted molar refractivity (Wildman–Crippen MR) is 155 cm³/mol. The molecule has 3 aromatic rings. The number of hydrogen-bond donors (Lipinski definition) is 2. The number of nitrogen functional groups attached to an aromatic ring is 1. The normalized spacial score (nSPS) is 14.0. The van der Waals surface area contributed by atoms with Crippen LogP contribution in [0, 0.1) is 5.82 Å². The van der Waals surface area contributed by atoms with Crippen molar-refractivity contribution in [1.29, 1.82) is 0 Å². The number of rotatable bonds is 9. The standard InChI is InChI=1S/C27H32FN3O3.3ClH/c1-33-26-11-8-23(29)17-27(26)34-19-25(32)18-30-12-14-31(15-13-30)24-9-4-21(5-10-24)16-20-2-6-22(28)7-3-20;;;/h2-11,17,25,32H,12-16,18-19,29H2,1H3;3*1H/t25-;;;/m0.../s1. The molecule has 1 heterocycles. The van der Waals surface area contributed by atoms with E-state index in [0.29, 0.717) is 23.7 Å². The Kier molecular flexibility index (Phi) is 13.9. The highest BCUT2D eigenvalue weighted by Gasteiger charge is 2.20. The lowest BCUT2D eigenvalue weighted by atomic mass is 10.0. The zero-order valence-corrected chi connectivity index (χ0v) is 23.2. The van der Waals surface area contributed by atoms with Crippen LogP contribution in [0.25, 0.3) is 0 Å². The third kappa shape index (κ3) is 9.43. The van der Waals surface area contributed by atoms with Gasteiger partial charge >= 0.3 is 0 Å². The number of aliphatic hydroxyl groups is 1. The SMILES string of the molecule is COc1ccc(N)cc1OC[C@@H](O)CN1CCN(c2ccc(Cc3ccc(F)cc3)cc2)CC1.Cl.Cl.Cl. The fourth-order valence-electron chi connectivity index (χ4n) is 4.19. The highest BCUT2D eigenvalue weighted by atomic mass is 35.5. The Morgan fingerprint density at radius 1 is 0.865 bits per heavy atom. The second-order valence-corrected chi connectivity index (χ2v) is 8.63. The largest absolute Gasteiger partial charge is 0.493 e. The predicted octanol–water partition coefficient (Wildman–Crippen LogP) is 4.83. The fraction of sp³-hybridized carbons (Fsp3) is 0.333. The molecule has 1 fully saturated rings. The monoisotopic (exact) mass is 573 g/mol. The van der Waals surface area contributed by atoms with Gasteiger partial charge in [-0.3, -0.25) is 4.90 Å². The summed E-state index contributed by atoms with van der Waals surface area (Å²) in [7, 11) is 1.58. The second-order valence-electron chi connectivity index (χ2n) is 8.63. The van der Waals surface area contributed by atoms with Crippen molar-refractivity contribution < 1.29 is 19.0 Å². The van der Waals surface area contributed by atoms with E-state index >= 15 is 0 Å². The second kappa shape index (κ2) is 15.7. The average molecular weight is 575 g/mol. The maximum atomic E-state index is 13.1. The minimum Gasteiger partial charge on any atom is -0.493 e. The summed E-state index contributed by atoms with van der Waals surface area (Å²) in [5.74, 6) is 0.924. The first-order valence-electron chi connectivity index (χ1n) is 11.6. The van der Waals surface area contributed by atoms with Gasteiger partial charge in [-0.1, -0.05) is 24.3 Å². The Balaban J connectivity index is 0.00000228. The van der Waals surface area contributed by atoms with Crippen LogP contribution >= 0.6 is 37.2 Å². The van der Waals surface area contributed by atoms with Crippen molar-refractivity contribution in [1.82, 2.24) is 4.90 Å².